The minimum absolute atomic E-state index is 0.0486. The van der Waals surface area contributed by atoms with Crippen LogP contribution in [0.5, 0.6) is 0 Å². The summed E-state index contributed by atoms with van der Waals surface area (Å²) in [5.41, 5.74) is 1.20. The van der Waals surface area contributed by atoms with Gasteiger partial charge < -0.3 is 19.4 Å². The SMILES string of the molecule is CNC(=O)C1COC2(CN(C(=O)c3oc4ccccc4c3C)C2)CN1C. The molecule has 7 heteroatoms. The van der Waals surface area contributed by atoms with Crippen LogP contribution in [0.15, 0.2) is 28.7 Å². The second-order valence-corrected chi connectivity index (χ2v) is 7.25. The van der Waals surface area contributed by atoms with Gasteiger partial charge in [0.25, 0.3) is 5.91 Å². The first-order valence-electron chi connectivity index (χ1n) is 8.77. The highest BCUT2D eigenvalue weighted by Crippen LogP contribution is 2.33. The van der Waals surface area contributed by atoms with Crippen LogP contribution in [0.3, 0.4) is 0 Å². The molecule has 0 radical (unpaired) electrons. The van der Waals surface area contributed by atoms with E-state index < -0.39 is 5.60 Å². The average Bonchev–Trinajstić information content (AvgIpc) is 2.95. The summed E-state index contributed by atoms with van der Waals surface area (Å²) in [6.07, 6.45) is 0. The highest BCUT2D eigenvalue weighted by Gasteiger charge is 2.51. The molecular formula is C19H23N3O4. The summed E-state index contributed by atoms with van der Waals surface area (Å²) in [5, 5.41) is 3.62. The quantitative estimate of drug-likeness (QED) is 0.868. The number of para-hydroxylation sites is 1. The third-order valence-electron chi connectivity index (χ3n) is 5.45. The minimum Gasteiger partial charge on any atom is -0.451 e. The van der Waals surface area contributed by atoms with E-state index in [0.717, 1.165) is 16.5 Å². The Morgan fingerprint density at radius 3 is 2.62 bits per heavy atom. The zero-order valence-corrected chi connectivity index (χ0v) is 15.2. The normalized spacial score (nSPS) is 22.4. The van der Waals surface area contributed by atoms with Crippen molar-refractivity contribution in [1.29, 1.82) is 0 Å². The second-order valence-electron chi connectivity index (χ2n) is 7.25. The largest absolute Gasteiger partial charge is 0.451 e. The molecule has 138 valence electrons. The molecule has 2 aliphatic heterocycles. The van der Waals surface area contributed by atoms with Crippen molar-refractivity contribution >= 4 is 22.8 Å². The molecule has 26 heavy (non-hydrogen) atoms. The maximum atomic E-state index is 12.8. The Labute approximate surface area is 151 Å². The number of carbonyl (C=O) groups excluding carboxylic acids is 2. The molecule has 1 spiro atoms. The molecule has 2 aromatic rings. The van der Waals surface area contributed by atoms with Crippen molar-refractivity contribution in [2.45, 2.75) is 18.6 Å². The maximum absolute atomic E-state index is 12.8. The van der Waals surface area contributed by atoms with Crippen molar-refractivity contribution in [3.8, 4) is 0 Å². The molecule has 2 saturated heterocycles. The molecule has 1 aromatic heterocycles. The van der Waals surface area contributed by atoms with Crippen LogP contribution in [-0.4, -0.2) is 73.6 Å². The van der Waals surface area contributed by atoms with Crippen LogP contribution < -0.4 is 5.32 Å². The zero-order chi connectivity index (χ0) is 18.5. The topological polar surface area (TPSA) is 75.0 Å². The number of morpholine rings is 1. The van der Waals surface area contributed by atoms with Gasteiger partial charge in [0.05, 0.1) is 19.7 Å². The van der Waals surface area contributed by atoms with Crippen LogP contribution in [0.25, 0.3) is 11.0 Å². The van der Waals surface area contributed by atoms with E-state index in [1.165, 1.54) is 0 Å². The summed E-state index contributed by atoms with van der Waals surface area (Å²) in [6, 6.07) is 7.38. The van der Waals surface area contributed by atoms with Gasteiger partial charge in [0, 0.05) is 24.5 Å². The van der Waals surface area contributed by atoms with E-state index in [1.54, 1.807) is 11.9 Å². The fourth-order valence-electron chi connectivity index (χ4n) is 3.94. The number of nitrogens with zero attached hydrogens (tertiary/aromatic N) is 2. The average molecular weight is 357 g/mol. The van der Waals surface area contributed by atoms with Gasteiger partial charge in [-0.25, -0.2) is 0 Å². The van der Waals surface area contributed by atoms with Gasteiger partial charge in [0.15, 0.2) is 5.76 Å². The molecule has 2 fully saturated rings. The lowest BCUT2D eigenvalue weighted by Crippen LogP contribution is -2.73. The van der Waals surface area contributed by atoms with E-state index in [4.69, 9.17) is 9.15 Å². The van der Waals surface area contributed by atoms with Crippen LogP contribution in [0.4, 0.5) is 0 Å². The Bertz CT molecular complexity index is 869. The first kappa shape index (κ1) is 17.1. The number of ether oxygens (including phenoxy) is 1. The third kappa shape index (κ3) is 2.59. The number of furan rings is 1. The Hall–Kier alpha value is -2.38. The van der Waals surface area contributed by atoms with E-state index in [0.29, 0.717) is 32.0 Å². The third-order valence-corrected chi connectivity index (χ3v) is 5.45. The predicted molar refractivity (Wildman–Crippen MR) is 96.0 cm³/mol. The predicted octanol–water partition coefficient (Wildman–Crippen LogP) is 1.01. The number of hydrogen-bond donors (Lipinski definition) is 1. The van der Waals surface area contributed by atoms with Crippen LogP contribution in [0, 0.1) is 6.92 Å². The van der Waals surface area contributed by atoms with Gasteiger partial charge in [-0.2, -0.15) is 0 Å². The van der Waals surface area contributed by atoms with Crippen LogP contribution in [-0.2, 0) is 9.53 Å². The summed E-state index contributed by atoms with van der Waals surface area (Å²) >= 11 is 0. The monoisotopic (exact) mass is 357 g/mol. The summed E-state index contributed by atoms with van der Waals surface area (Å²) < 4.78 is 11.8. The Kier molecular flexibility index (Phi) is 4.00. The summed E-state index contributed by atoms with van der Waals surface area (Å²) in [5.74, 6) is 0.241. The van der Waals surface area contributed by atoms with Crippen molar-refractivity contribution in [3.05, 3.63) is 35.6 Å². The molecule has 0 aliphatic carbocycles. The molecule has 1 unspecified atom stereocenters. The molecule has 1 atom stereocenters. The molecular weight excluding hydrogens is 334 g/mol. The fraction of sp³-hybridized carbons (Fsp3) is 0.474. The van der Waals surface area contributed by atoms with Gasteiger partial charge in [-0.05, 0) is 20.0 Å². The number of likely N-dealkylation sites (tertiary alicyclic amines) is 1. The molecule has 1 N–H and O–H groups in total. The van der Waals surface area contributed by atoms with Crippen molar-refractivity contribution in [2.24, 2.45) is 0 Å². The molecule has 3 heterocycles. The lowest BCUT2D eigenvalue weighted by Gasteiger charge is -2.54. The zero-order valence-electron chi connectivity index (χ0n) is 15.2. The summed E-state index contributed by atoms with van der Waals surface area (Å²) in [4.78, 5) is 28.5. The Morgan fingerprint density at radius 1 is 1.23 bits per heavy atom. The van der Waals surface area contributed by atoms with Gasteiger partial charge >= 0.3 is 0 Å². The van der Waals surface area contributed by atoms with E-state index in [-0.39, 0.29) is 17.9 Å². The number of hydrogen-bond acceptors (Lipinski definition) is 5. The molecule has 0 saturated carbocycles. The minimum atomic E-state index is -0.394. The van der Waals surface area contributed by atoms with Gasteiger partial charge in [-0.3, -0.25) is 14.5 Å². The highest BCUT2D eigenvalue weighted by atomic mass is 16.5. The highest BCUT2D eigenvalue weighted by molar-refractivity contribution is 5.99. The number of benzene rings is 1. The smallest absolute Gasteiger partial charge is 0.290 e. The van der Waals surface area contributed by atoms with Crippen LogP contribution in [0.2, 0.25) is 0 Å². The van der Waals surface area contributed by atoms with Crippen molar-refractivity contribution in [2.75, 3.05) is 40.3 Å². The first-order valence-corrected chi connectivity index (χ1v) is 8.77. The Balaban J connectivity index is 1.45. The molecule has 0 bridgehead atoms. The fourth-order valence-corrected chi connectivity index (χ4v) is 3.94. The first-order chi connectivity index (χ1) is 12.4. The van der Waals surface area contributed by atoms with Gasteiger partial charge in [0.2, 0.25) is 5.91 Å². The number of carbonyl (C=O) groups is 2. The Morgan fingerprint density at radius 2 is 1.96 bits per heavy atom. The van der Waals surface area contributed by atoms with Gasteiger partial charge in [-0.1, -0.05) is 18.2 Å². The van der Waals surface area contributed by atoms with Crippen molar-refractivity contribution < 1.29 is 18.7 Å². The van der Waals surface area contributed by atoms with Crippen LogP contribution in [0.1, 0.15) is 16.1 Å². The van der Waals surface area contributed by atoms with E-state index in [2.05, 4.69) is 5.32 Å². The number of fused-ring (bicyclic) bond motifs is 1. The number of nitrogens with one attached hydrogen (secondary N) is 1. The molecule has 2 amide bonds. The molecule has 4 rings (SSSR count). The van der Waals surface area contributed by atoms with Crippen molar-refractivity contribution in [3.63, 3.8) is 0 Å². The lowest BCUT2D eigenvalue weighted by atomic mass is 9.90. The van der Waals surface area contributed by atoms with Gasteiger partial charge in [0.1, 0.15) is 17.2 Å². The summed E-state index contributed by atoms with van der Waals surface area (Å²) in [7, 11) is 3.54. The molecule has 1 aromatic carbocycles. The van der Waals surface area contributed by atoms with E-state index in [9.17, 15) is 9.59 Å². The number of rotatable bonds is 2. The molecule has 2 aliphatic rings. The van der Waals surface area contributed by atoms with Crippen LogP contribution >= 0.6 is 0 Å². The van der Waals surface area contributed by atoms with E-state index in [1.807, 2.05) is 43.1 Å². The number of aryl methyl sites for hydroxylation is 1. The molecule has 7 nitrogen and oxygen atoms in total. The summed E-state index contributed by atoms with van der Waals surface area (Å²) in [6.45, 7) is 3.88. The number of likely N-dealkylation sites (N-methyl/N-ethyl adjacent to an activating group) is 2. The lowest BCUT2D eigenvalue weighted by molar-refractivity contribution is -0.187. The van der Waals surface area contributed by atoms with Gasteiger partial charge in [-0.15, -0.1) is 0 Å². The second kappa shape index (κ2) is 6.10. The number of amides is 2. The maximum Gasteiger partial charge on any atom is 0.290 e. The van der Waals surface area contributed by atoms with Crippen molar-refractivity contribution in [1.82, 2.24) is 15.1 Å². The standard InChI is InChI=1S/C19H23N3O4/c1-12-13-6-4-5-7-15(13)26-16(12)18(24)22-10-19(11-22)9-21(3)14(8-25-19)17(23)20-2/h4-7,14H,8-11H2,1-3H3,(H,20,23). The van der Waals surface area contributed by atoms with E-state index >= 15 is 0 Å².